The topological polar surface area (TPSA) is 32.3 Å². The van der Waals surface area contributed by atoms with Crippen LogP contribution in [0.25, 0.3) is 11.1 Å². The molecule has 0 bridgehead atoms. The number of nitrogens with zero attached hydrogens (tertiary/aromatic N) is 1. The van der Waals surface area contributed by atoms with Crippen LogP contribution in [0.4, 0.5) is 5.69 Å². The number of hydrogen-bond acceptors (Lipinski definition) is 3. The van der Waals surface area contributed by atoms with Gasteiger partial charge in [0.05, 0.1) is 6.54 Å². The number of carbonyl (C=O) groups excluding carboxylic acids is 1. The largest absolute Gasteiger partial charge is 0.324 e. The molecule has 2 aromatic carbocycles. The summed E-state index contributed by atoms with van der Waals surface area (Å²) in [6, 6.07) is 22.4. The molecule has 128 valence electrons. The highest BCUT2D eigenvalue weighted by Crippen LogP contribution is 2.28. The predicted molar refractivity (Wildman–Crippen MR) is 106 cm³/mol. The lowest BCUT2D eigenvalue weighted by molar-refractivity contribution is -0.117. The minimum absolute atomic E-state index is 0.00529. The summed E-state index contributed by atoms with van der Waals surface area (Å²) < 4.78 is 0. The first kappa shape index (κ1) is 17.4. The lowest BCUT2D eigenvalue weighted by Crippen LogP contribution is -2.32. The second kappa shape index (κ2) is 8.10. The Balaban J connectivity index is 1.69. The lowest BCUT2D eigenvalue weighted by atomic mass is 10.0. The van der Waals surface area contributed by atoms with E-state index in [0.717, 1.165) is 16.8 Å². The number of benzene rings is 2. The van der Waals surface area contributed by atoms with E-state index < -0.39 is 0 Å². The summed E-state index contributed by atoms with van der Waals surface area (Å²) in [6.07, 6.45) is 0. The fourth-order valence-electron chi connectivity index (χ4n) is 2.76. The normalized spacial score (nSPS) is 12.1. The van der Waals surface area contributed by atoms with E-state index in [1.54, 1.807) is 11.3 Å². The van der Waals surface area contributed by atoms with E-state index in [2.05, 4.69) is 40.7 Å². The zero-order valence-corrected chi connectivity index (χ0v) is 15.3. The van der Waals surface area contributed by atoms with E-state index in [9.17, 15) is 4.79 Å². The Morgan fingerprint density at radius 3 is 2.48 bits per heavy atom. The zero-order chi connectivity index (χ0) is 17.6. The van der Waals surface area contributed by atoms with E-state index in [-0.39, 0.29) is 11.9 Å². The molecule has 1 unspecified atom stereocenters. The molecule has 0 aliphatic carbocycles. The fourth-order valence-corrected chi connectivity index (χ4v) is 3.61. The summed E-state index contributed by atoms with van der Waals surface area (Å²) in [5.41, 5.74) is 2.97. The van der Waals surface area contributed by atoms with E-state index in [4.69, 9.17) is 0 Å². The fraction of sp³-hybridized carbons (Fsp3) is 0.190. The molecule has 1 heterocycles. The second-order valence-electron chi connectivity index (χ2n) is 6.07. The molecule has 3 nitrogen and oxygen atoms in total. The molecule has 4 heteroatoms. The summed E-state index contributed by atoms with van der Waals surface area (Å²) in [5.74, 6) is -0.00529. The molecule has 1 N–H and O–H groups in total. The maximum Gasteiger partial charge on any atom is 0.238 e. The average molecular weight is 350 g/mol. The molecule has 1 aromatic heterocycles. The van der Waals surface area contributed by atoms with Crippen molar-refractivity contribution in [2.45, 2.75) is 13.0 Å². The smallest absolute Gasteiger partial charge is 0.238 e. The van der Waals surface area contributed by atoms with Crippen LogP contribution in [-0.2, 0) is 4.79 Å². The highest BCUT2D eigenvalue weighted by Gasteiger charge is 2.16. The van der Waals surface area contributed by atoms with Gasteiger partial charge in [-0.1, -0.05) is 54.6 Å². The third-order valence-electron chi connectivity index (χ3n) is 4.30. The highest BCUT2D eigenvalue weighted by atomic mass is 32.1. The van der Waals surface area contributed by atoms with Crippen LogP contribution >= 0.6 is 11.3 Å². The molecule has 0 radical (unpaired) electrons. The minimum atomic E-state index is -0.00529. The number of rotatable bonds is 6. The van der Waals surface area contributed by atoms with Crippen molar-refractivity contribution >= 4 is 22.9 Å². The standard InChI is InChI=1S/C21H22N2OS/c1-16(20-13-8-14-25-20)23(2)15-21(24)22-19-12-7-6-11-18(19)17-9-4-3-5-10-17/h3-14,16H,15H2,1-2H3,(H,22,24). The molecule has 3 aromatic rings. The maximum absolute atomic E-state index is 12.5. The van der Waals surface area contributed by atoms with Gasteiger partial charge in [-0.3, -0.25) is 9.69 Å². The van der Waals surface area contributed by atoms with Crippen molar-refractivity contribution in [3.8, 4) is 11.1 Å². The van der Waals surface area contributed by atoms with Gasteiger partial charge in [0.2, 0.25) is 5.91 Å². The lowest BCUT2D eigenvalue weighted by Gasteiger charge is -2.23. The van der Waals surface area contributed by atoms with Crippen LogP contribution in [-0.4, -0.2) is 24.4 Å². The third-order valence-corrected chi connectivity index (χ3v) is 5.34. The molecule has 25 heavy (non-hydrogen) atoms. The number of thiophene rings is 1. The maximum atomic E-state index is 12.5. The van der Waals surface area contributed by atoms with E-state index >= 15 is 0 Å². The van der Waals surface area contributed by atoms with Crippen LogP contribution in [0.15, 0.2) is 72.1 Å². The SMILES string of the molecule is CC(c1cccs1)N(C)CC(=O)Nc1ccccc1-c1ccccc1. The Hall–Kier alpha value is -2.43. The molecule has 0 spiro atoms. The van der Waals surface area contributed by atoms with Gasteiger partial charge in [-0.05, 0) is 37.0 Å². The van der Waals surface area contributed by atoms with Crippen molar-refractivity contribution in [2.24, 2.45) is 0 Å². The molecular weight excluding hydrogens is 328 g/mol. The van der Waals surface area contributed by atoms with E-state index in [1.165, 1.54) is 4.88 Å². The number of nitrogens with one attached hydrogen (secondary N) is 1. The number of para-hydroxylation sites is 1. The Morgan fingerprint density at radius 1 is 1.04 bits per heavy atom. The van der Waals surface area contributed by atoms with Gasteiger partial charge in [0, 0.05) is 22.2 Å². The van der Waals surface area contributed by atoms with Crippen molar-refractivity contribution in [3.63, 3.8) is 0 Å². The van der Waals surface area contributed by atoms with Crippen molar-refractivity contribution in [2.75, 3.05) is 18.9 Å². The molecule has 0 saturated carbocycles. The zero-order valence-electron chi connectivity index (χ0n) is 14.5. The number of carbonyl (C=O) groups is 1. The summed E-state index contributed by atoms with van der Waals surface area (Å²) in [4.78, 5) is 15.9. The van der Waals surface area contributed by atoms with Gasteiger partial charge >= 0.3 is 0 Å². The Morgan fingerprint density at radius 2 is 1.76 bits per heavy atom. The molecule has 0 fully saturated rings. The van der Waals surface area contributed by atoms with Crippen LogP contribution < -0.4 is 5.32 Å². The summed E-state index contributed by atoms with van der Waals surface area (Å²) in [6.45, 7) is 2.47. The van der Waals surface area contributed by atoms with Gasteiger partial charge in [-0.25, -0.2) is 0 Å². The van der Waals surface area contributed by atoms with Gasteiger partial charge < -0.3 is 5.32 Å². The minimum Gasteiger partial charge on any atom is -0.324 e. The Labute approximate surface area is 152 Å². The number of hydrogen-bond donors (Lipinski definition) is 1. The van der Waals surface area contributed by atoms with E-state index in [0.29, 0.717) is 6.54 Å². The van der Waals surface area contributed by atoms with Crippen molar-refractivity contribution in [3.05, 3.63) is 77.0 Å². The van der Waals surface area contributed by atoms with Crippen molar-refractivity contribution in [1.82, 2.24) is 4.90 Å². The molecule has 0 aliphatic rings. The average Bonchev–Trinajstić information content (AvgIpc) is 3.16. The van der Waals surface area contributed by atoms with Crippen LogP contribution in [0.2, 0.25) is 0 Å². The summed E-state index contributed by atoms with van der Waals surface area (Å²) in [5, 5.41) is 5.13. The highest BCUT2D eigenvalue weighted by molar-refractivity contribution is 7.10. The molecule has 0 aliphatic heterocycles. The quantitative estimate of drug-likeness (QED) is 0.675. The number of anilines is 1. The first-order valence-electron chi connectivity index (χ1n) is 8.33. The van der Waals surface area contributed by atoms with Gasteiger partial charge in [-0.2, -0.15) is 0 Å². The van der Waals surface area contributed by atoms with Gasteiger partial charge in [-0.15, -0.1) is 11.3 Å². The molecule has 0 saturated heterocycles. The van der Waals surface area contributed by atoms with Crippen LogP contribution in [0.1, 0.15) is 17.8 Å². The summed E-state index contributed by atoms with van der Waals surface area (Å²) >= 11 is 1.72. The molecule has 3 rings (SSSR count). The van der Waals surface area contributed by atoms with Gasteiger partial charge in [0.1, 0.15) is 0 Å². The molecule has 1 atom stereocenters. The van der Waals surface area contributed by atoms with Crippen LogP contribution in [0, 0.1) is 0 Å². The first-order valence-corrected chi connectivity index (χ1v) is 9.21. The van der Waals surface area contributed by atoms with Gasteiger partial charge in [0.25, 0.3) is 0 Å². The van der Waals surface area contributed by atoms with Crippen LogP contribution in [0.5, 0.6) is 0 Å². The Bertz CT molecular complexity index is 815. The van der Waals surface area contributed by atoms with Crippen molar-refractivity contribution in [1.29, 1.82) is 0 Å². The number of amides is 1. The van der Waals surface area contributed by atoms with Crippen LogP contribution in [0.3, 0.4) is 0 Å². The van der Waals surface area contributed by atoms with Gasteiger partial charge in [0.15, 0.2) is 0 Å². The van der Waals surface area contributed by atoms with E-state index in [1.807, 2.05) is 55.6 Å². The van der Waals surface area contributed by atoms with Crippen molar-refractivity contribution < 1.29 is 4.79 Å². The monoisotopic (exact) mass is 350 g/mol. The predicted octanol–water partition coefficient (Wildman–Crippen LogP) is 5.05. The first-order chi connectivity index (χ1) is 12.1. The molecular formula is C21H22N2OS. The molecule has 1 amide bonds. The number of likely N-dealkylation sites (N-methyl/N-ethyl adjacent to an activating group) is 1. The summed E-state index contributed by atoms with van der Waals surface area (Å²) in [7, 11) is 1.98. The Kier molecular flexibility index (Phi) is 5.64. The third kappa shape index (κ3) is 4.35. The second-order valence-corrected chi connectivity index (χ2v) is 7.05.